The zero-order valence-corrected chi connectivity index (χ0v) is 19.8. The standard InChI is InChI=1S/C24H25FN8O4/c1-2-36-16-12-17(19(25)18(13-16)37-11-10-34)20(30-15-6-4-14(5-7-15)21(26)27)22-31-24(35)33(32-22)23-28-8-3-9-29-23/h3-9,12-13,20,30,34H,2,10-11H2,1H3,(H3,26,27)(H,31,32,35)/t20-/m0/s1. The summed E-state index contributed by atoms with van der Waals surface area (Å²) in [4.78, 5) is 23.5. The molecule has 4 rings (SSSR count). The van der Waals surface area contributed by atoms with E-state index < -0.39 is 17.5 Å². The summed E-state index contributed by atoms with van der Waals surface area (Å²) in [5, 5.41) is 24.2. The fourth-order valence-electron chi connectivity index (χ4n) is 3.53. The zero-order chi connectivity index (χ0) is 26.4. The van der Waals surface area contributed by atoms with Crippen molar-refractivity contribution in [1.29, 1.82) is 5.41 Å². The molecule has 6 N–H and O–H groups in total. The molecule has 0 saturated heterocycles. The number of nitrogens with two attached hydrogens (primary N) is 1. The summed E-state index contributed by atoms with van der Waals surface area (Å²) in [5.41, 5.74) is 6.01. The molecule has 4 aromatic rings. The third-order valence-corrected chi connectivity index (χ3v) is 5.17. The summed E-state index contributed by atoms with van der Waals surface area (Å²) >= 11 is 0. The van der Waals surface area contributed by atoms with Crippen LogP contribution in [0.1, 0.15) is 29.9 Å². The average Bonchev–Trinajstić information content (AvgIpc) is 3.29. The predicted molar refractivity (Wildman–Crippen MR) is 133 cm³/mol. The number of ether oxygens (including phenoxy) is 2. The molecule has 192 valence electrons. The molecule has 0 radical (unpaired) electrons. The maximum absolute atomic E-state index is 15.8. The van der Waals surface area contributed by atoms with E-state index in [2.05, 4.69) is 25.4 Å². The summed E-state index contributed by atoms with van der Waals surface area (Å²) in [6, 6.07) is 10.0. The van der Waals surface area contributed by atoms with E-state index in [1.165, 1.54) is 24.5 Å². The highest BCUT2D eigenvalue weighted by atomic mass is 19.1. The van der Waals surface area contributed by atoms with E-state index in [1.54, 1.807) is 37.3 Å². The van der Waals surface area contributed by atoms with Gasteiger partial charge in [0.1, 0.15) is 24.2 Å². The van der Waals surface area contributed by atoms with Gasteiger partial charge < -0.3 is 25.6 Å². The maximum Gasteiger partial charge on any atom is 0.350 e. The molecule has 0 bridgehead atoms. The van der Waals surface area contributed by atoms with Crippen molar-refractivity contribution >= 4 is 11.5 Å². The Hall–Kier alpha value is -4.78. The highest BCUT2D eigenvalue weighted by Gasteiger charge is 2.27. The molecule has 0 aliphatic carbocycles. The number of aliphatic hydroxyl groups excluding tert-OH is 1. The number of benzene rings is 2. The molecule has 2 heterocycles. The van der Waals surface area contributed by atoms with Crippen LogP contribution in [0.15, 0.2) is 59.7 Å². The second-order valence-electron chi connectivity index (χ2n) is 7.67. The number of halogens is 1. The molecular formula is C24H25FN8O4. The molecule has 1 atom stereocenters. The van der Waals surface area contributed by atoms with Gasteiger partial charge in [-0.2, -0.15) is 0 Å². The summed E-state index contributed by atoms with van der Waals surface area (Å²) in [7, 11) is 0. The Balaban J connectivity index is 1.84. The first-order valence-electron chi connectivity index (χ1n) is 11.3. The topological polar surface area (TPSA) is 177 Å². The monoisotopic (exact) mass is 508 g/mol. The minimum atomic E-state index is -1.03. The van der Waals surface area contributed by atoms with Crippen LogP contribution in [0.4, 0.5) is 10.1 Å². The molecule has 0 aliphatic heterocycles. The fraction of sp³-hybridized carbons (Fsp3) is 0.208. The van der Waals surface area contributed by atoms with Crippen LogP contribution in [0.3, 0.4) is 0 Å². The number of anilines is 1. The van der Waals surface area contributed by atoms with Crippen molar-refractivity contribution in [1.82, 2.24) is 24.7 Å². The minimum Gasteiger partial charge on any atom is -0.494 e. The average molecular weight is 509 g/mol. The van der Waals surface area contributed by atoms with Crippen LogP contribution in [0.25, 0.3) is 5.95 Å². The Labute approximate surface area is 210 Å². The highest BCUT2D eigenvalue weighted by molar-refractivity contribution is 5.95. The van der Waals surface area contributed by atoms with E-state index in [0.717, 1.165) is 4.68 Å². The predicted octanol–water partition coefficient (Wildman–Crippen LogP) is 1.75. The van der Waals surface area contributed by atoms with Gasteiger partial charge in [-0.3, -0.25) is 10.4 Å². The zero-order valence-electron chi connectivity index (χ0n) is 19.8. The lowest BCUT2D eigenvalue weighted by molar-refractivity contribution is 0.195. The number of nitrogen functional groups attached to an aromatic ring is 1. The van der Waals surface area contributed by atoms with Crippen molar-refractivity contribution in [2.24, 2.45) is 5.73 Å². The number of amidine groups is 1. The molecule has 37 heavy (non-hydrogen) atoms. The highest BCUT2D eigenvalue weighted by Crippen LogP contribution is 2.35. The Morgan fingerprint density at radius 1 is 1.24 bits per heavy atom. The maximum atomic E-state index is 15.8. The summed E-state index contributed by atoms with van der Waals surface area (Å²) in [5.74, 6) is -0.555. The molecule has 0 saturated carbocycles. The van der Waals surface area contributed by atoms with E-state index in [9.17, 15) is 4.79 Å². The van der Waals surface area contributed by atoms with E-state index in [1.807, 2.05) is 0 Å². The van der Waals surface area contributed by atoms with Gasteiger partial charge in [-0.1, -0.05) is 0 Å². The van der Waals surface area contributed by atoms with Crippen LogP contribution in [0.2, 0.25) is 0 Å². The first-order valence-corrected chi connectivity index (χ1v) is 11.3. The molecule has 0 spiro atoms. The Kier molecular flexibility index (Phi) is 7.74. The van der Waals surface area contributed by atoms with Crippen molar-refractivity contribution in [3.8, 4) is 17.4 Å². The molecular weight excluding hydrogens is 483 g/mol. The smallest absolute Gasteiger partial charge is 0.350 e. The summed E-state index contributed by atoms with van der Waals surface area (Å²) < 4.78 is 27.7. The summed E-state index contributed by atoms with van der Waals surface area (Å²) in [6.07, 6.45) is 2.93. The second-order valence-corrected chi connectivity index (χ2v) is 7.67. The normalized spacial score (nSPS) is 11.6. The van der Waals surface area contributed by atoms with Crippen LogP contribution in [0, 0.1) is 11.2 Å². The molecule has 0 unspecified atom stereocenters. The van der Waals surface area contributed by atoms with E-state index in [0.29, 0.717) is 23.6 Å². The minimum absolute atomic E-state index is 0.0371. The molecule has 13 heteroatoms. The lowest BCUT2D eigenvalue weighted by Gasteiger charge is -2.21. The first kappa shape index (κ1) is 25.3. The largest absolute Gasteiger partial charge is 0.494 e. The van der Waals surface area contributed by atoms with Crippen LogP contribution >= 0.6 is 0 Å². The van der Waals surface area contributed by atoms with Gasteiger partial charge in [-0.15, -0.1) is 9.78 Å². The van der Waals surface area contributed by atoms with Gasteiger partial charge in [0.2, 0.25) is 0 Å². The van der Waals surface area contributed by atoms with Crippen LogP contribution < -0.4 is 26.2 Å². The summed E-state index contributed by atoms with van der Waals surface area (Å²) in [6.45, 7) is 1.65. The third-order valence-electron chi connectivity index (χ3n) is 5.17. The van der Waals surface area contributed by atoms with Crippen LogP contribution in [-0.2, 0) is 0 Å². The first-order chi connectivity index (χ1) is 17.9. The number of rotatable bonds is 11. The number of aromatic amines is 1. The van der Waals surface area contributed by atoms with Crippen LogP contribution in [-0.4, -0.2) is 55.5 Å². The van der Waals surface area contributed by atoms with E-state index in [4.69, 9.17) is 25.7 Å². The van der Waals surface area contributed by atoms with Gasteiger partial charge in [0.25, 0.3) is 5.95 Å². The number of nitrogens with zero attached hydrogens (tertiary/aromatic N) is 4. The molecule has 0 amide bonds. The van der Waals surface area contributed by atoms with Gasteiger partial charge in [0.15, 0.2) is 17.4 Å². The molecule has 0 fully saturated rings. The molecule has 2 aromatic carbocycles. The van der Waals surface area contributed by atoms with Crippen molar-refractivity contribution in [3.05, 3.63) is 88.1 Å². The van der Waals surface area contributed by atoms with Gasteiger partial charge in [-0.25, -0.2) is 19.2 Å². The lowest BCUT2D eigenvalue weighted by atomic mass is 10.0. The van der Waals surface area contributed by atoms with Crippen molar-refractivity contribution in [2.75, 3.05) is 25.1 Å². The Morgan fingerprint density at radius 3 is 2.62 bits per heavy atom. The number of aromatic nitrogens is 5. The van der Waals surface area contributed by atoms with Crippen molar-refractivity contribution in [2.45, 2.75) is 13.0 Å². The van der Waals surface area contributed by atoms with Gasteiger partial charge in [-0.05, 0) is 43.3 Å². The van der Waals surface area contributed by atoms with Crippen molar-refractivity contribution in [3.63, 3.8) is 0 Å². The number of nitrogens with one attached hydrogen (secondary N) is 3. The SMILES string of the molecule is CCOc1cc(OCCO)c(F)c([C@H](Nc2ccc(C(=N)N)cc2)c2nn(-c3ncccn3)c(=O)[nH]2)c1. The van der Waals surface area contributed by atoms with E-state index >= 15 is 4.39 Å². The molecule has 2 aromatic heterocycles. The Morgan fingerprint density at radius 2 is 1.97 bits per heavy atom. The quantitative estimate of drug-likeness (QED) is 0.149. The lowest BCUT2D eigenvalue weighted by Crippen LogP contribution is -2.18. The van der Waals surface area contributed by atoms with E-state index in [-0.39, 0.29) is 42.1 Å². The second kappa shape index (κ2) is 11.3. The molecule has 0 aliphatic rings. The molecule has 12 nitrogen and oxygen atoms in total. The number of hydrogen-bond donors (Lipinski definition) is 5. The fourth-order valence-corrected chi connectivity index (χ4v) is 3.53. The Bertz CT molecular complexity index is 1420. The number of aliphatic hydroxyl groups is 1. The number of hydrogen-bond acceptors (Lipinski definition) is 9. The van der Waals surface area contributed by atoms with Gasteiger partial charge in [0, 0.05) is 35.3 Å². The van der Waals surface area contributed by atoms with Gasteiger partial charge >= 0.3 is 5.69 Å². The third kappa shape index (κ3) is 5.73. The number of H-pyrrole nitrogens is 1. The van der Waals surface area contributed by atoms with Gasteiger partial charge in [0.05, 0.1) is 13.2 Å². The van der Waals surface area contributed by atoms with Crippen LogP contribution in [0.5, 0.6) is 11.5 Å². The van der Waals surface area contributed by atoms with Crippen molar-refractivity contribution < 1.29 is 19.0 Å².